The lowest BCUT2D eigenvalue weighted by molar-refractivity contribution is 0.221. The molecule has 0 saturated heterocycles. The van der Waals surface area contributed by atoms with E-state index in [2.05, 4.69) is 15.9 Å². The number of halogens is 1. The zero-order valence-electron chi connectivity index (χ0n) is 9.52. The fourth-order valence-electron chi connectivity index (χ4n) is 1.77. The number of aliphatic hydroxyl groups excluding tert-OH is 1. The SMILES string of the molecule is Cc1ccc(C(O)c2ccc(Br)cc2)c(N)c1. The number of aliphatic hydroxyl groups is 1. The van der Waals surface area contributed by atoms with Crippen LogP contribution in [0.5, 0.6) is 0 Å². The van der Waals surface area contributed by atoms with Gasteiger partial charge in [0.15, 0.2) is 0 Å². The van der Waals surface area contributed by atoms with Crippen molar-refractivity contribution in [1.82, 2.24) is 0 Å². The van der Waals surface area contributed by atoms with E-state index >= 15 is 0 Å². The van der Waals surface area contributed by atoms with Gasteiger partial charge < -0.3 is 10.8 Å². The smallest absolute Gasteiger partial charge is 0.106 e. The fraction of sp³-hybridized carbons (Fsp3) is 0.143. The Hall–Kier alpha value is -1.32. The van der Waals surface area contributed by atoms with E-state index in [1.807, 2.05) is 49.4 Å². The number of anilines is 1. The molecule has 0 aliphatic heterocycles. The first-order chi connectivity index (χ1) is 8.08. The summed E-state index contributed by atoms with van der Waals surface area (Å²) >= 11 is 3.37. The normalized spacial score (nSPS) is 12.4. The van der Waals surface area contributed by atoms with Crippen molar-refractivity contribution < 1.29 is 5.11 Å². The van der Waals surface area contributed by atoms with E-state index in [9.17, 15) is 5.11 Å². The van der Waals surface area contributed by atoms with Gasteiger partial charge >= 0.3 is 0 Å². The Balaban J connectivity index is 2.36. The van der Waals surface area contributed by atoms with Crippen LogP contribution in [0.3, 0.4) is 0 Å². The average molecular weight is 292 g/mol. The van der Waals surface area contributed by atoms with E-state index in [0.29, 0.717) is 5.69 Å². The molecule has 3 N–H and O–H groups in total. The van der Waals surface area contributed by atoms with Crippen LogP contribution in [-0.2, 0) is 0 Å². The molecule has 1 atom stereocenters. The number of benzene rings is 2. The maximum absolute atomic E-state index is 10.3. The molecule has 0 aliphatic rings. The molecule has 17 heavy (non-hydrogen) atoms. The Labute approximate surface area is 109 Å². The molecule has 3 heteroatoms. The Kier molecular flexibility index (Phi) is 3.50. The highest BCUT2D eigenvalue weighted by Gasteiger charge is 2.13. The van der Waals surface area contributed by atoms with E-state index in [0.717, 1.165) is 21.2 Å². The minimum atomic E-state index is -0.677. The molecule has 1 unspecified atom stereocenters. The molecule has 2 rings (SSSR count). The zero-order valence-corrected chi connectivity index (χ0v) is 11.1. The topological polar surface area (TPSA) is 46.2 Å². The highest BCUT2D eigenvalue weighted by molar-refractivity contribution is 9.10. The molecule has 0 spiro atoms. The van der Waals surface area contributed by atoms with Crippen LogP contribution in [0.25, 0.3) is 0 Å². The van der Waals surface area contributed by atoms with Gasteiger partial charge in [-0.3, -0.25) is 0 Å². The van der Waals surface area contributed by atoms with E-state index in [-0.39, 0.29) is 0 Å². The van der Waals surface area contributed by atoms with Gasteiger partial charge in [0.05, 0.1) is 0 Å². The van der Waals surface area contributed by atoms with Crippen LogP contribution < -0.4 is 5.73 Å². The van der Waals surface area contributed by atoms with Gasteiger partial charge in [-0.15, -0.1) is 0 Å². The molecule has 0 saturated carbocycles. The lowest BCUT2D eigenvalue weighted by Crippen LogP contribution is -2.03. The molecule has 0 radical (unpaired) electrons. The lowest BCUT2D eigenvalue weighted by Gasteiger charge is -2.14. The Bertz CT molecular complexity index is 522. The minimum Gasteiger partial charge on any atom is -0.398 e. The van der Waals surface area contributed by atoms with Crippen LogP contribution in [0.4, 0.5) is 5.69 Å². The second-order valence-corrected chi connectivity index (χ2v) is 5.00. The van der Waals surface area contributed by atoms with Gasteiger partial charge in [-0.1, -0.05) is 40.2 Å². The molecular formula is C14H14BrNO. The van der Waals surface area contributed by atoms with Crippen molar-refractivity contribution in [2.45, 2.75) is 13.0 Å². The summed E-state index contributed by atoms with van der Waals surface area (Å²) in [5.74, 6) is 0. The maximum atomic E-state index is 10.3. The summed E-state index contributed by atoms with van der Waals surface area (Å²) < 4.78 is 0.991. The summed E-state index contributed by atoms with van der Waals surface area (Å²) in [4.78, 5) is 0. The molecule has 0 fully saturated rings. The number of aryl methyl sites for hydroxylation is 1. The zero-order chi connectivity index (χ0) is 12.4. The first-order valence-corrected chi connectivity index (χ1v) is 6.17. The number of nitrogen functional groups attached to an aromatic ring is 1. The molecule has 0 aromatic heterocycles. The van der Waals surface area contributed by atoms with Crippen molar-refractivity contribution in [2.24, 2.45) is 0 Å². The molecular weight excluding hydrogens is 278 g/mol. The molecule has 2 aromatic carbocycles. The average Bonchev–Trinajstić information content (AvgIpc) is 2.29. The lowest BCUT2D eigenvalue weighted by atomic mass is 9.99. The Morgan fingerprint density at radius 1 is 1.12 bits per heavy atom. The molecule has 88 valence electrons. The molecule has 0 aliphatic carbocycles. The van der Waals surface area contributed by atoms with Crippen molar-refractivity contribution in [3.8, 4) is 0 Å². The van der Waals surface area contributed by atoms with Crippen molar-refractivity contribution in [3.63, 3.8) is 0 Å². The quantitative estimate of drug-likeness (QED) is 0.833. The fourth-order valence-corrected chi connectivity index (χ4v) is 2.03. The van der Waals surface area contributed by atoms with Crippen LogP contribution in [0, 0.1) is 6.92 Å². The van der Waals surface area contributed by atoms with Crippen molar-refractivity contribution in [2.75, 3.05) is 5.73 Å². The van der Waals surface area contributed by atoms with Gasteiger partial charge in [0.1, 0.15) is 6.10 Å². The highest BCUT2D eigenvalue weighted by atomic mass is 79.9. The molecule has 2 aromatic rings. The molecule has 0 heterocycles. The van der Waals surface area contributed by atoms with Crippen LogP contribution in [0.15, 0.2) is 46.9 Å². The van der Waals surface area contributed by atoms with Crippen LogP contribution in [0.2, 0.25) is 0 Å². The number of nitrogens with two attached hydrogens (primary N) is 1. The summed E-state index contributed by atoms with van der Waals surface area (Å²) in [7, 11) is 0. The highest BCUT2D eigenvalue weighted by Crippen LogP contribution is 2.28. The third-order valence-corrected chi connectivity index (χ3v) is 3.25. The van der Waals surface area contributed by atoms with Crippen molar-refractivity contribution >= 4 is 21.6 Å². The largest absolute Gasteiger partial charge is 0.398 e. The second-order valence-electron chi connectivity index (χ2n) is 4.09. The summed E-state index contributed by atoms with van der Waals surface area (Å²) in [6.07, 6.45) is -0.677. The summed E-state index contributed by atoms with van der Waals surface area (Å²) in [6, 6.07) is 13.3. The summed E-state index contributed by atoms with van der Waals surface area (Å²) in [5.41, 5.74) is 9.22. The van der Waals surface area contributed by atoms with Crippen molar-refractivity contribution in [1.29, 1.82) is 0 Å². The van der Waals surface area contributed by atoms with Crippen LogP contribution >= 0.6 is 15.9 Å². The van der Waals surface area contributed by atoms with Gasteiger partial charge in [0, 0.05) is 15.7 Å². The molecule has 2 nitrogen and oxygen atoms in total. The van der Waals surface area contributed by atoms with Crippen LogP contribution in [-0.4, -0.2) is 5.11 Å². The van der Waals surface area contributed by atoms with E-state index in [4.69, 9.17) is 5.73 Å². The van der Waals surface area contributed by atoms with Crippen molar-refractivity contribution in [3.05, 3.63) is 63.6 Å². The molecule has 0 bridgehead atoms. The van der Waals surface area contributed by atoms with Gasteiger partial charge in [-0.05, 0) is 36.2 Å². The minimum absolute atomic E-state index is 0.625. The predicted molar refractivity (Wildman–Crippen MR) is 73.8 cm³/mol. The van der Waals surface area contributed by atoms with Gasteiger partial charge in [0.25, 0.3) is 0 Å². The summed E-state index contributed by atoms with van der Waals surface area (Å²) in [5, 5.41) is 10.3. The van der Waals surface area contributed by atoms with Crippen LogP contribution in [0.1, 0.15) is 22.8 Å². The number of hydrogen-bond donors (Lipinski definition) is 2. The van der Waals surface area contributed by atoms with E-state index in [1.165, 1.54) is 0 Å². The first kappa shape index (κ1) is 12.1. The third kappa shape index (κ3) is 2.68. The maximum Gasteiger partial charge on any atom is 0.106 e. The van der Waals surface area contributed by atoms with Gasteiger partial charge in [-0.2, -0.15) is 0 Å². The Morgan fingerprint density at radius 2 is 1.76 bits per heavy atom. The monoisotopic (exact) mass is 291 g/mol. The Morgan fingerprint density at radius 3 is 2.35 bits per heavy atom. The second kappa shape index (κ2) is 4.90. The number of hydrogen-bond acceptors (Lipinski definition) is 2. The predicted octanol–water partition coefficient (Wildman–Crippen LogP) is 3.42. The number of rotatable bonds is 2. The van der Waals surface area contributed by atoms with E-state index in [1.54, 1.807) is 0 Å². The van der Waals surface area contributed by atoms with Gasteiger partial charge in [-0.25, -0.2) is 0 Å². The summed E-state index contributed by atoms with van der Waals surface area (Å²) in [6.45, 7) is 1.98. The third-order valence-electron chi connectivity index (χ3n) is 2.72. The van der Waals surface area contributed by atoms with Gasteiger partial charge in [0.2, 0.25) is 0 Å². The molecule has 0 amide bonds. The standard InChI is InChI=1S/C14H14BrNO/c1-9-2-7-12(13(16)8-9)14(17)10-3-5-11(15)6-4-10/h2-8,14,17H,16H2,1H3. The van der Waals surface area contributed by atoms with E-state index < -0.39 is 6.10 Å². The first-order valence-electron chi connectivity index (χ1n) is 5.37.